The van der Waals surface area contributed by atoms with Crippen LogP contribution in [0, 0.1) is 0 Å². The SMILES string of the molecule is CCc1ccc(C(=O)CC(F)(F)F)cc1CC. The van der Waals surface area contributed by atoms with Gasteiger partial charge in [-0.2, -0.15) is 13.2 Å². The van der Waals surface area contributed by atoms with Crippen molar-refractivity contribution in [1.29, 1.82) is 0 Å². The second-order valence-electron chi connectivity index (χ2n) is 3.91. The lowest BCUT2D eigenvalue weighted by molar-refractivity contribution is -0.125. The molecule has 0 aliphatic heterocycles. The summed E-state index contributed by atoms with van der Waals surface area (Å²) >= 11 is 0. The Morgan fingerprint density at radius 3 is 2.18 bits per heavy atom. The van der Waals surface area contributed by atoms with Crippen molar-refractivity contribution in [3.8, 4) is 0 Å². The largest absolute Gasteiger partial charge is 0.396 e. The number of ketones is 1. The van der Waals surface area contributed by atoms with E-state index in [1.54, 1.807) is 12.1 Å². The van der Waals surface area contributed by atoms with Crippen LogP contribution in [-0.4, -0.2) is 12.0 Å². The summed E-state index contributed by atoms with van der Waals surface area (Å²) < 4.78 is 36.3. The highest BCUT2D eigenvalue weighted by atomic mass is 19.4. The quantitative estimate of drug-likeness (QED) is 0.733. The Bertz CT molecular complexity index is 408. The molecular formula is C13H15F3O. The van der Waals surface area contributed by atoms with E-state index in [9.17, 15) is 18.0 Å². The Morgan fingerprint density at radius 2 is 1.71 bits per heavy atom. The molecule has 94 valence electrons. The highest BCUT2D eigenvalue weighted by Gasteiger charge is 2.31. The van der Waals surface area contributed by atoms with Crippen LogP contribution in [0.1, 0.15) is 41.8 Å². The van der Waals surface area contributed by atoms with E-state index in [0.29, 0.717) is 0 Å². The number of hydrogen-bond acceptors (Lipinski definition) is 1. The lowest BCUT2D eigenvalue weighted by Gasteiger charge is -2.09. The zero-order valence-electron chi connectivity index (χ0n) is 9.90. The fraction of sp³-hybridized carbons (Fsp3) is 0.462. The summed E-state index contributed by atoms with van der Waals surface area (Å²) in [7, 11) is 0. The number of carbonyl (C=O) groups excluding carboxylic acids is 1. The van der Waals surface area contributed by atoms with Crippen molar-refractivity contribution >= 4 is 5.78 Å². The van der Waals surface area contributed by atoms with Crippen LogP contribution in [0.3, 0.4) is 0 Å². The van der Waals surface area contributed by atoms with E-state index >= 15 is 0 Å². The van der Waals surface area contributed by atoms with E-state index in [1.165, 1.54) is 6.07 Å². The maximum Gasteiger partial charge on any atom is 0.396 e. The molecule has 0 saturated heterocycles. The van der Waals surface area contributed by atoms with Gasteiger partial charge in [-0.25, -0.2) is 0 Å². The average molecular weight is 244 g/mol. The second-order valence-corrected chi connectivity index (χ2v) is 3.91. The summed E-state index contributed by atoms with van der Waals surface area (Å²) in [6.45, 7) is 3.90. The Labute approximate surface area is 98.6 Å². The molecule has 0 N–H and O–H groups in total. The van der Waals surface area contributed by atoms with Crippen LogP contribution in [0.4, 0.5) is 13.2 Å². The van der Waals surface area contributed by atoms with Gasteiger partial charge in [-0.3, -0.25) is 4.79 Å². The summed E-state index contributed by atoms with van der Waals surface area (Å²) in [5, 5.41) is 0. The first-order chi connectivity index (χ1) is 7.87. The van der Waals surface area contributed by atoms with Crippen molar-refractivity contribution in [3.05, 3.63) is 34.9 Å². The molecule has 0 aliphatic rings. The Balaban J connectivity index is 2.96. The van der Waals surface area contributed by atoms with Gasteiger partial charge in [0.2, 0.25) is 0 Å². The van der Waals surface area contributed by atoms with E-state index in [0.717, 1.165) is 24.0 Å². The molecule has 0 bridgehead atoms. The predicted molar refractivity (Wildman–Crippen MR) is 60.2 cm³/mol. The van der Waals surface area contributed by atoms with Crippen molar-refractivity contribution in [1.82, 2.24) is 0 Å². The molecule has 1 nitrogen and oxygen atoms in total. The first kappa shape index (κ1) is 13.7. The molecule has 1 aromatic rings. The number of carbonyl (C=O) groups is 1. The molecule has 0 aromatic heterocycles. The summed E-state index contributed by atoms with van der Waals surface area (Å²) in [5.74, 6) is -0.866. The third kappa shape index (κ3) is 3.88. The number of benzene rings is 1. The third-order valence-electron chi connectivity index (χ3n) is 2.65. The topological polar surface area (TPSA) is 17.1 Å². The van der Waals surface area contributed by atoms with Crippen LogP contribution >= 0.6 is 0 Å². The monoisotopic (exact) mass is 244 g/mol. The molecule has 0 aliphatic carbocycles. The number of hydrogen-bond donors (Lipinski definition) is 0. The van der Waals surface area contributed by atoms with Gasteiger partial charge in [-0.05, 0) is 30.0 Å². The normalized spacial score (nSPS) is 11.6. The molecule has 0 saturated carbocycles. The van der Waals surface area contributed by atoms with Crippen LogP contribution in [-0.2, 0) is 12.8 Å². The summed E-state index contributed by atoms with van der Waals surface area (Å²) in [4.78, 5) is 11.4. The molecule has 0 amide bonds. The highest BCUT2D eigenvalue weighted by Crippen LogP contribution is 2.23. The second kappa shape index (κ2) is 5.34. The minimum Gasteiger partial charge on any atom is -0.294 e. The molecule has 0 fully saturated rings. The average Bonchev–Trinajstić information content (AvgIpc) is 2.25. The van der Waals surface area contributed by atoms with Gasteiger partial charge >= 0.3 is 6.18 Å². The van der Waals surface area contributed by atoms with Gasteiger partial charge in [0.05, 0.1) is 0 Å². The minimum absolute atomic E-state index is 0.149. The maximum absolute atomic E-state index is 12.1. The van der Waals surface area contributed by atoms with Crippen LogP contribution < -0.4 is 0 Å². The van der Waals surface area contributed by atoms with Crippen molar-refractivity contribution in [2.45, 2.75) is 39.3 Å². The third-order valence-corrected chi connectivity index (χ3v) is 2.65. The van der Waals surface area contributed by atoms with Gasteiger partial charge in [-0.15, -0.1) is 0 Å². The standard InChI is InChI=1S/C13H15F3O/c1-3-9-5-6-11(7-10(9)4-2)12(17)8-13(14,15)16/h5-7H,3-4,8H2,1-2H3. The molecule has 4 heteroatoms. The van der Waals surface area contributed by atoms with E-state index in [1.807, 2.05) is 13.8 Å². The van der Waals surface area contributed by atoms with Gasteiger partial charge in [0, 0.05) is 5.56 Å². The van der Waals surface area contributed by atoms with Crippen molar-refractivity contribution < 1.29 is 18.0 Å². The molecule has 0 atom stereocenters. The first-order valence-electron chi connectivity index (χ1n) is 5.59. The molecule has 1 rings (SSSR count). The minimum atomic E-state index is -4.44. The summed E-state index contributed by atoms with van der Waals surface area (Å²) in [6.07, 6.45) is -4.29. The van der Waals surface area contributed by atoms with Crippen LogP contribution in [0.2, 0.25) is 0 Å². The Morgan fingerprint density at radius 1 is 1.12 bits per heavy atom. The molecule has 0 unspecified atom stereocenters. The van der Waals surface area contributed by atoms with Crippen LogP contribution in [0.25, 0.3) is 0 Å². The van der Waals surface area contributed by atoms with E-state index in [-0.39, 0.29) is 5.56 Å². The number of Topliss-reactive ketones (excluding diaryl/α,β-unsaturated/α-hetero) is 1. The van der Waals surface area contributed by atoms with E-state index in [2.05, 4.69) is 0 Å². The zero-order valence-corrected chi connectivity index (χ0v) is 9.90. The number of rotatable bonds is 4. The van der Waals surface area contributed by atoms with E-state index < -0.39 is 18.4 Å². The van der Waals surface area contributed by atoms with Gasteiger partial charge in [0.25, 0.3) is 0 Å². The number of aryl methyl sites for hydroxylation is 2. The molecule has 17 heavy (non-hydrogen) atoms. The van der Waals surface area contributed by atoms with Crippen LogP contribution in [0.15, 0.2) is 18.2 Å². The smallest absolute Gasteiger partial charge is 0.294 e. The van der Waals surface area contributed by atoms with Crippen molar-refractivity contribution in [2.24, 2.45) is 0 Å². The van der Waals surface area contributed by atoms with Crippen LogP contribution in [0.5, 0.6) is 0 Å². The first-order valence-corrected chi connectivity index (χ1v) is 5.59. The van der Waals surface area contributed by atoms with Crippen molar-refractivity contribution in [3.63, 3.8) is 0 Å². The van der Waals surface area contributed by atoms with Crippen molar-refractivity contribution in [2.75, 3.05) is 0 Å². The Kier molecular flexibility index (Phi) is 4.32. The molecule has 1 aromatic carbocycles. The lowest BCUT2D eigenvalue weighted by Crippen LogP contribution is -2.15. The maximum atomic E-state index is 12.1. The highest BCUT2D eigenvalue weighted by molar-refractivity contribution is 5.96. The molecule has 0 radical (unpaired) electrons. The number of alkyl halides is 3. The lowest BCUT2D eigenvalue weighted by atomic mass is 9.97. The van der Waals surface area contributed by atoms with E-state index in [4.69, 9.17) is 0 Å². The van der Waals surface area contributed by atoms with Gasteiger partial charge < -0.3 is 0 Å². The van der Waals surface area contributed by atoms with Gasteiger partial charge in [0.1, 0.15) is 6.42 Å². The fourth-order valence-corrected chi connectivity index (χ4v) is 1.76. The molecular weight excluding hydrogens is 229 g/mol. The van der Waals surface area contributed by atoms with Gasteiger partial charge in [0.15, 0.2) is 5.78 Å². The van der Waals surface area contributed by atoms with Gasteiger partial charge in [-0.1, -0.05) is 26.0 Å². The zero-order chi connectivity index (χ0) is 13.1. The number of halogens is 3. The summed E-state index contributed by atoms with van der Waals surface area (Å²) in [6, 6.07) is 4.79. The fourth-order valence-electron chi connectivity index (χ4n) is 1.76. The summed E-state index contributed by atoms with van der Waals surface area (Å²) in [5.41, 5.74) is 2.17. The Hall–Kier alpha value is -1.32. The predicted octanol–water partition coefficient (Wildman–Crippen LogP) is 3.95. The molecule has 0 heterocycles. The molecule has 0 spiro atoms.